The topological polar surface area (TPSA) is 37.4 Å². The van der Waals surface area contributed by atoms with Crippen LogP contribution in [0.25, 0.3) is 0 Å². The lowest BCUT2D eigenvalue weighted by Gasteiger charge is -2.12. The molecule has 0 unspecified atom stereocenters. The summed E-state index contributed by atoms with van der Waals surface area (Å²) >= 11 is 6.13. The molecule has 0 saturated heterocycles. The van der Waals surface area contributed by atoms with Gasteiger partial charge in [0.15, 0.2) is 0 Å². The van der Waals surface area contributed by atoms with Crippen molar-refractivity contribution in [1.29, 1.82) is 0 Å². The summed E-state index contributed by atoms with van der Waals surface area (Å²) in [7, 11) is 4.00. The molecule has 4 nitrogen and oxygen atoms in total. The molecule has 0 radical (unpaired) electrons. The van der Waals surface area contributed by atoms with Gasteiger partial charge in [0.2, 0.25) is 5.88 Å². The van der Waals surface area contributed by atoms with Crippen LogP contribution >= 0.6 is 11.6 Å². The molecule has 0 saturated carbocycles. The average Bonchev–Trinajstić information content (AvgIpc) is 2.28. The minimum absolute atomic E-state index is 0.444. The van der Waals surface area contributed by atoms with Crippen LogP contribution in [0.15, 0.2) is 12.3 Å². The number of nitrogens with one attached hydrogen (secondary N) is 1. The number of likely N-dealkylation sites (N-methyl/N-ethyl adjacent to an activating group) is 1. The van der Waals surface area contributed by atoms with E-state index < -0.39 is 0 Å². The molecule has 0 aromatic carbocycles. The first-order valence-corrected chi connectivity index (χ1v) is 6.52. The molecular formula is C13H22ClN3O. The summed E-state index contributed by atoms with van der Waals surface area (Å²) in [6.45, 7) is 6.40. The Hall–Kier alpha value is -0.840. The largest absolute Gasteiger partial charge is 0.475 e. The quantitative estimate of drug-likeness (QED) is 0.825. The van der Waals surface area contributed by atoms with Crippen molar-refractivity contribution in [3.63, 3.8) is 0 Å². The number of pyridine rings is 1. The first-order chi connectivity index (χ1) is 8.49. The molecule has 0 aliphatic heterocycles. The van der Waals surface area contributed by atoms with Crippen LogP contribution in [0.5, 0.6) is 5.88 Å². The van der Waals surface area contributed by atoms with E-state index in [1.807, 2.05) is 20.2 Å². The Balaban J connectivity index is 2.51. The van der Waals surface area contributed by atoms with Crippen LogP contribution in [0.3, 0.4) is 0 Å². The van der Waals surface area contributed by atoms with Gasteiger partial charge in [-0.1, -0.05) is 25.4 Å². The zero-order valence-electron chi connectivity index (χ0n) is 11.5. The fourth-order valence-corrected chi connectivity index (χ4v) is 1.56. The third-order valence-corrected chi connectivity index (χ3v) is 2.63. The standard InChI is InChI=1S/C13H22ClN3O/c1-10(2)15-8-11-7-12(14)13(16-9-11)18-6-5-17(3)4/h7,9-10,15H,5-6,8H2,1-4H3. The predicted molar refractivity (Wildman–Crippen MR) is 75.3 cm³/mol. The van der Waals surface area contributed by atoms with Crippen LogP contribution < -0.4 is 10.1 Å². The molecule has 0 aliphatic carbocycles. The van der Waals surface area contributed by atoms with Crippen LogP contribution in [0.2, 0.25) is 5.02 Å². The maximum absolute atomic E-state index is 6.13. The summed E-state index contributed by atoms with van der Waals surface area (Å²) in [5.41, 5.74) is 1.06. The van der Waals surface area contributed by atoms with Gasteiger partial charge in [0.05, 0.1) is 0 Å². The molecule has 18 heavy (non-hydrogen) atoms. The monoisotopic (exact) mass is 271 g/mol. The fourth-order valence-electron chi connectivity index (χ4n) is 1.31. The number of rotatable bonds is 7. The van der Waals surface area contributed by atoms with E-state index in [2.05, 4.69) is 29.0 Å². The summed E-state index contributed by atoms with van der Waals surface area (Å²) in [5.74, 6) is 0.506. The molecule has 1 aromatic heterocycles. The molecule has 0 atom stereocenters. The van der Waals surface area contributed by atoms with Crippen molar-refractivity contribution in [3.05, 3.63) is 22.8 Å². The van der Waals surface area contributed by atoms with Crippen molar-refractivity contribution in [1.82, 2.24) is 15.2 Å². The van der Waals surface area contributed by atoms with E-state index in [0.29, 0.717) is 23.6 Å². The van der Waals surface area contributed by atoms with Gasteiger partial charge in [-0.15, -0.1) is 0 Å². The molecule has 1 aromatic rings. The van der Waals surface area contributed by atoms with Gasteiger partial charge in [-0.3, -0.25) is 0 Å². The maximum Gasteiger partial charge on any atom is 0.232 e. The smallest absolute Gasteiger partial charge is 0.232 e. The van der Waals surface area contributed by atoms with E-state index >= 15 is 0 Å². The molecular weight excluding hydrogens is 250 g/mol. The Morgan fingerprint density at radius 1 is 1.44 bits per heavy atom. The Kier molecular flexibility index (Phi) is 6.39. The summed E-state index contributed by atoms with van der Waals surface area (Å²) < 4.78 is 5.52. The number of hydrogen-bond donors (Lipinski definition) is 1. The second kappa shape index (κ2) is 7.56. The highest BCUT2D eigenvalue weighted by Crippen LogP contribution is 2.22. The highest BCUT2D eigenvalue weighted by atomic mass is 35.5. The molecule has 1 rings (SSSR count). The zero-order valence-corrected chi connectivity index (χ0v) is 12.3. The molecule has 1 heterocycles. The zero-order chi connectivity index (χ0) is 13.5. The van der Waals surface area contributed by atoms with Gasteiger partial charge in [0.1, 0.15) is 11.6 Å². The highest BCUT2D eigenvalue weighted by molar-refractivity contribution is 6.31. The van der Waals surface area contributed by atoms with Crippen LogP contribution in [0.1, 0.15) is 19.4 Å². The maximum atomic E-state index is 6.13. The van der Waals surface area contributed by atoms with Crippen molar-refractivity contribution in [3.8, 4) is 5.88 Å². The van der Waals surface area contributed by atoms with Crippen molar-refractivity contribution in [2.24, 2.45) is 0 Å². The van der Waals surface area contributed by atoms with Gasteiger partial charge in [-0.2, -0.15) is 0 Å². The summed E-state index contributed by atoms with van der Waals surface area (Å²) in [6.07, 6.45) is 1.80. The molecule has 0 aliphatic rings. The van der Waals surface area contributed by atoms with E-state index in [-0.39, 0.29) is 0 Å². The number of nitrogens with zero attached hydrogens (tertiary/aromatic N) is 2. The number of hydrogen-bond acceptors (Lipinski definition) is 4. The van der Waals surface area contributed by atoms with Crippen molar-refractivity contribution in [2.45, 2.75) is 26.4 Å². The second-order valence-corrected chi connectivity index (χ2v) is 5.23. The van der Waals surface area contributed by atoms with E-state index in [0.717, 1.165) is 18.7 Å². The summed E-state index contributed by atoms with van der Waals surface area (Å²) in [6, 6.07) is 2.34. The minimum atomic E-state index is 0.444. The molecule has 5 heteroatoms. The Bertz CT molecular complexity index is 369. The highest BCUT2D eigenvalue weighted by Gasteiger charge is 2.05. The Morgan fingerprint density at radius 3 is 2.72 bits per heavy atom. The lowest BCUT2D eigenvalue weighted by molar-refractivity contribution is 0.254. The lowest BCUT2D eigenvalue weighted by Crippen LogP contribution is -2.22. The third kappa shape index (κ3) is 5.67. The van der Waals surface area contributed by atoms with Crippen LogP contribution in [0, 0.1) is 0 Å². The predicted octanol–water partition coefficient (Wildman–Crippen LogP) is 2.17. The van der Waals surface area contributed by atoms with Crippen LogP contribution in [-0.4, -0.2) is 43.2 Å². The molecule has 102 valence electrons. The number of ether oxygens (including phenoxy) is 1. The first-order valence-electron chi connectivity index (χ1n) is 6.14. The molecule has 0 fully saturated rings. The molecule has 0 spiro atoms. The number of aromatic nitrogens is 1. The van der Waals surface area contributed by atoms with Gasteiger partial charge in [0.25, 0.3) is 0 Å². The van der Waals surface area contributed by atoms with Crippen LogP contribution in [-0.2, 0) is 6.54 Å². The summed E-state index contributed by atoms with van der Waals surface area (Å²) in [5, 5.41) is 3.89. The number of halogens is 1. The van der Waals surface area contributed by atoms with E-state index in [1.165, 1.54) is 0 Å². The normalized spacial score (nSPS) is 11.3. The van der Waals surface area contributed by atoms with Gasteiger partial charge < -0.3 is 15.0 Å². The Morgan fingerprint density at radius 2 is 2.17 bits per heavy atom. The minimum Gasteiger partial charge on any atom is -0.475 e. The van der Waals surface area contributed by atoms with E-state index in [9.17, 15) is 0 Å². The summed E-state index contributed by atoms with van der Waals surface area (Å²) in [4.78, 5) is 6.29. The first kappa shape index (κ1) is 15.2. The van der Waals surface area contributed by atoms with Crippen molar-refractivity contribution in [2.75, 3.05) is 27.2 Å². The fraction of sp³-hybridized carbons (Fsp3) is 0.615. The lowest BCUT2D eigenvalue weighted by atomic mass is 10.2. The van der Waals surface area contributed by atoms with Crippen molar-refractivity contribution >= 4 is 11.6 Å². The average molecular weight is 272 g/mol. The van der Waals surface area contributed by atoms with Gasteiger partial charge in [0, 0.05) is 25.3 Å². The molecule has 0 amide bonds. The van der Waals surface area contributed by atoms with Gasteiger partial charge >= 0.3 is 0 Å². The van der Waals surface area contributed by atoms with E-state index in [1.54, 1.807) is 6.20 Å². The second-order valence-electron chi connectivity index (χ2n) is 4.82. The van der Waals surface area contributed by atoms with Crippen LogP contribution in [0.4, 0.5) is 0 Å². The van der Waals surface area contributed by atoms with Gasteiger partial charge in [-0.05, 0) is 25.7 Å². The van der Waals surface area contributed by atoms with Crippen molar-refractivity contribution < 1.29 is 4.74 Å². The van der Waals surface area contributed by atoms with Gasteiger partial charge in [-0.25, -0.2) is 4.98 Å². The SMILES string of the molecule is CC(C)NCc1cnc(OCCN(C)C)c(Cl)c1. The Labute approximate surface area is 114 Å². The third-order valence-electron chi connectivity index (χ3n) is 2.36. The molecule has 1 N–H and O–H groups in total. The van der Waals surface area contributed by atoms with E-state index in [4.69, 9.17) is 16.3 Å². The molecule has 0 bridgehead atoms.